The van der Waals surface area contributed by atoms with Gasteiger partial charge in [0.05, 0.1) is 0 Å². The van der Waals surface area contributed by atoms with E-state index in [0.717, 1.165) is 12.8 Å². The second kappa shape index (κ2) is 3.25. The zero-order chi connectivity index (χ0) is 10.2. The van der Waals surface area contributed by atoms with E-state index in [1.54, 1.807) is 0 Å². The molecule has 0 bridgehead atoms. The van der Waals surface area contributed by atoms with Crippen LogP contribution in [0.5, 0.6) is 0 Å². The second-order valence-electron chi connectivity index (χ2n) is 4.42. The number of benzene rings is 1. The minimum Gasteiger partial charge on any atom is -0.325 e. The van der Waals surface area contributed by atoms with Gasteiger partial charge in [0.25, 0.3) is 0 Å². The summed E-state index contributed by atoms with van der Waals surface area (Å²) in [6.45, 7) is 6.02. The van der Waals surface area contributed by atoms with Crippen LogP contribution in [0.1, 0.15) is 30.4 Å². The van der Waals surface area contributed by atoms with Gasteiger partial charge in [0.1, 0.15) is 0 Å². The summed E-state index contributed by atoms with van der Waals surface area (Å²) in [6.07, 6.45) is 4.12. The molecule has 0 amide bonds. The van der Waals surface area contributed by atoms with Gasteiger partial charge in [-0.1, -0.05) is 30.3 Å². The van der Waals surface area contributed by atoms with Gasteiger partial charge < -0.3 is 5.73 Å². The summed E-state index contributed by atoms with van der Waals surface area (Å²) in [5.41, 5.74) is 8.94. The SMILES string of the molecule is C=C[C@H]1c2ccccc2CC[C@@]1(C)N. The first-order valence-electron chi connectivity index (χ1n) is 5.14. The zero-order valence-corrected chi connectivity index (χ0v) is 8.66. The lowest BCUT2D eigenvalue weighted by molar-refractivity contribution is 0.371. The van der Waals surface area contributed by atoms with Crippen molar-refractivity contribution >= 4 is 0 Å². The van der Waals surface area contributed by atoms with Crippen LogP contribution in [0.3, 0.4) is 0 Å². The van der Waals surface area contributed by atoms with Crippen molar-refractivity contribution in [3.05, 3.63) is 48.0 Å². The summed E-state index contributed by atoms with van der Waals surface area (Å²) in [5, 5.41) is 0. The lowest BCUT2D eigenvalue weighted by Crippen LogP contribution is -2.45. The molecule has 0 aromatic heterocycles. The molecule has 0 spiro atoms. The Kier molecular flexibility index (Phi) is 2.20. The second-order valence-corrected chi connectivity index (χ2v) is 4.42. The highest BCUT2D eigenvalue weighted by atomic mass is 14.7. The average molecular weight is 187 g/mol. The van der Waals surface area contributed by atoms with Crippen molar-refractivity contribution in [2.24, 2.45) is 5.73 Å². The standard InChI is InChI=1S/C13H17N/c1-3-12-11-7-5-4-6-10(11)8-9-13(12,2)14/h3-7,12H,1,8-9,14H2,2H3/t12-,13+/m0/s1. The first-order chi connectivity index (χ1) is 6.65. The van der Waals surface area contributed by atoms with Crippen molar-refractivity contribution in [2.75, 3.05) is 0 Å². The summed E-state index contributed by atoms with van der Waals surface area (Å²) in [5.74, 6) is 0.299. The van der Waals surface area contributed by atoms with Crippen LogP contribution in [0.4, 0.5) is 0 Å². The fourth-order valence-electron chi connectivity index (χ4n) is 2.38. The van der Waals surface area contributed by atoms with E-state index in [-0.39, 0.29) is 5.54 Å². The fraction of sp³-hybridized carbons (Fsp3) is 0.385. The summed E-state index contributed by atoms with van der Waals surface area (Å²) >= 11 is 0. The third-order valence-corrected chi connectivity index (χ3v) is 3.27. The molecule has 0 aliphatic heterocycles. The first kappa shape index (κ1) is 9.47. The van der Waals surface area contributed by atoms with Gasteiger partial charge in [0.15, 0.2) is 0 Å². The minimum atomic E-state index is -0.129. The van der Waals surface area contributed by atoms with Gasteiger partial charge in [-0.25, -0.2) is 0 Å². The van der Waals surface area contributed by atoms with Crippen LogP contribution in [0, 0.1) is 0 Å². The molecule has 0 heterocycles. The van der Waals surface area contributed by atoms with Crippen molar-refractivity contribution in [2.45, 2.75) is 31.2 Å². The van der Waals surface area contributed by atoms with Crippen molar-refractivity contribution in [3.63, 3.8) is 0 Å². The number of fused-ring (bicyclic) bond motifs is 1. The highest BCUT2D eigenvalue weighted by molar-refractivity contribution is 5.38. The molecule has 1 nitrogen and oxygen atoms in total. The molecule has 0 saturated carbocycles. The average Bonchev–Trinajstić information content (AvgIpc) is 2.17. The van der Waals surface area contributed by atoms with Gasteiger partial charge in [-0.05, 0) is 30.9 Å². The van der Waals surface area contributed by atoms with Gasteiger partial charge in [0.2, 0.25) is 0 Å². The Morgan fingerprint density at radius 2 is 2.21 bits per heavy atom. The highest BCUT2D eigenvalue weighted by Gasteiger charge is 2.33. The molecule has 0 fully saturated rings. The van der Waals surface area contributed by atoms with E-state index in [4.69, 9.17) is 5.73 Å². The molecular weight excluding hydrogens is 170 g/mol. The van der Waals surface area contributed by atoms with E-state index in [1.807, 2.05) is 6.08 Å². The predicted molar refractivity (Wildman–Crippen MR) is 60.3 cm³/mol. The molecule has 1 heteroatoms. The third kappa shape index (κ3) is 1.38. The molecule has 2 rings (SSSR count). The predicted octanol–water partition coefficient (Wildman–Crippen LogP) is 2.62. The third-order valence-electron chi connectivity index (χ3n) is 3.27. The summed E-state index contributed by atoms with van der Waals surface area (Å²) in [6, 6.07) is 8.54. The van der Waals surface area contributed by atoms with Gasteiger partial charge in [-0.3, -0.25) is 0 Å². The van der Waals surface area contributed by atoms with Gasteiger partial charge in [-0.2, -0.15) is 0 Å². The Morgan fingerprint density at radius 3 is 2.93 bits per heavy atom. The molecule has 2 N–H and O–H groups in total. The van der Waals surface area contributed by atoms with Crippen LogP contribution in [0.2, 0.25) is 0 Å². The molecule has 74 valence electrons. The summed E-state index contributed by atoms with van der Waals surface area (Å²) in [7, 11) is 0. The number of hydrogen-bond donors (Lipinski definition) is 1. The Hall–Kier alpha value is -1.08. The molecule has 14 heavy (non-hydrogen) atoms. The number of aryl methyl sites for hydroxylation is 1. The van der Waals surface area contributed by atoms with Gasteiger partial charge >= 0.3 is 0 Å². The first-order valence-corrected chi connectivity index (χ1v) is 5.14. The van der Waals surface area contributed by atoms with E-state index >= 15 is 0 Å². The molecule has 1 aliphatic carbocycles. The van der Waals surface area contributed by atoms with Gasteiger partial charge in [-0.15, -0.1) is 6.58 Å². The molecule has 0 radical (unpaired) electrons. The van der Waals surface area contributed by atoms with Crippen molar-refractivity contribution in [3.8, 4) is 0 Å². The fourth-order valence-corrected chi connectivity index (χ4v) is 2.38. The number of nitrogens with two attached hydrogens (primary N) is 1. The van der Waals surface area contributed by atoms with Crippen molar-refractivity contribution < 1.29 is 0 Å². The normalized spacial score (nSPS) is 30.9. The molecule has 0 unspecified atom stereocenters. The lowest BCUT2D eigenvalue weighted by atomic mass is 9.71. The zero-order valence-electron chi connectivity index (χ0n) is 8.66. The molecular formula is C13H17N. The van der Waals surface area contributed by atoms with Crippen LogP contribution in [0.25, 0.3) is 0 Å². The summed E-state index contributed by atoms with van der Waals surface area (Å²) < 4.78 is 0. The minimum absolute atomic E-state index is 0.129. The lowest BCUT2D eigenvalue weighted by Gasteiger charge is -2.38. The van der Waals surface area contributed by atoms with Crippen molar-refractivity contribution in [1.82, 2.24) is 0 Å². The molecule has 1 aromatic rings. The van der Waals surface area contributed by atoms with Crippen LogP contribution in [0.15, 0.2) is 36.9 Å². The van der Waals surface area contributed by atoms with Crippen molar-refractivity contribution in [1.29, 1.82) is 0 Å². The Morgan fingerprint density at radius 1 is 1.50 bits per heavy atom. The largest absolute Gasteiger partial charge is 0.325 e. The van der Waals surface area contributed by atoms with Crippen LogP contribution >= 0.6 is 0 Å². The maximum absolute atomic E-state index is 6.28. The Bertz CT molecular complexity index is 352. The molecule has 2 atom stereocenters. The maximum atomic E-state index is 6.28. The topological polar surface area (TPSA) is 26.0 Å². The van der Waals surface area contributed by atoms with E-state index in [2.05, 4.69) is 37.8 Å². The van der Waals surface area contributed by atoms with E-state index in [1.165, 1.54) is 11.1 Å². The Labute approximate surface area is 85.6 Å². The molecule has 1 aromatic carbocycles. The maximum Gasteiger partial charge on any atom is 0.0233 e. The van der Waals surface area contributed by atoms with E-state index in [0.29, 0.717) is 5.92 Å². The number of rotatable bonds is 1. The van der Waals surface area contributed by atoms with Crippen LogP contribution in [-0.4, -0.2) is 5.54 Å². The Balaban J connectivity index is 2.50. The van der Waals surface area contributed by atoms with E-state index < -0.39 is 0 Å². The smallest absolute Gasteiger partial charge is 0.0233 e. The van der Waals surface area contributed by atoms with Crippen LogP contribution in [-0.2, 0) is 6.42 Å². The van der Waals surface area contributed by atoms with E-state index in [9.17, 15) is 0 Å². The molecule has 0 saturated heterocycles. The number of hydrogen-bond acceptors (Lipinski definition) is 1. The monoisotopic (exact) mass is 187 g/mol. The van der Waals surface area contributed by atoms with Crippen LogP contribution < -0.4 is 5.73 Å². The highest BCUT2D eigenvalue weighted by Crippen LogP contribution is 2.37. The quantitative estimate of drug-likeness (QED) is 0.672. The summed E-state index contributed by atoms with van der Waals surface area (Å²) in [4.78, 5) is 0. The van der Waals surface area contributed by atoms with Gasteiger partial charge in [0, 0.05) is 11.5 Å². The molecule has 1 aliphatic rings.